The fourth-order valence-electron chi connectivity index (χ4n) is 1.89. The number of nitrogens with one attached hydrogen (secondary N) is 1. The van der Waals surface area contributed by atoms with E-state index in [1.807, 2.05) is 42.5 Å². The third kappa shape index (κ3) is 3.03. The predicted molar refractivity (Wildman–Crippen MR) is 66.6 cm³/mol. The van der Waals surface area contributed by atoms with Crippen molar-refractivity contribution in [1.82, 2.24) is 0 Å². The van der Waals surface area contributed by atoms with Gasteiger partial charge in [-0.25, -0.2) is 0 Å². The summed E-state index contributed by atoms with van der Waals surface area (Å²) < 4.78 is 0. The molecule has 0 saturated heterocycles. The fraction of sp³-hybridized carbons (Fsp3) is 0.286. The molecule has 1 aliphatic carbocycles. The van der Waals surface area contributed by atoms with Crippen LogP contribution in [0.25, 0.3) is 0 Å². The van der Waals surface area contributed by atoms with Gasteiger partial charge in [0, 0.05) is 12.1 Å². The van der Waals surface area contributed by atoms with Crippen LogP contribution in [0.15, 0.2) is 42.5 Å². The van der Waals surface area contributed by atoms with E-state index < -0.39 is 5.92 Å². The number of allylic oxidation sites excluding steroid dienone is 2. The predicted octanol–water partition coefficient (Wildman–Crippen LogP) is 2.55. The van der Waals surface area contributed by atoms with Crippen LogP contribution in [0.4, 0.5) is 5.69 Å². The normalized spacial score (nSPS) is 19.8. The van der Waals surface area contributed by atoms with Crippen LogP contribution in [-0.4, -0.2) is 11.7 Å². The zero-order valence-corrected chi connectivity index (χ0v) is 9.56. The van der Waals surface area contributed by atoms with Crippen molar-refractivity contribution in [2.45, 2.75) is 19.3 Å². The van der Waals surface area contributed by atoms with Gasteiger partial charge in [-0.15, -0.1) is 0 Å². The highest BCUT2D eigenvalue weighted by molar-refractivity contribution is 6.07. The molecule has 1 N–H and O–H groups in total. The van der Waals surface area contributed by atoms with Gasteiger partial charge in [-0.05, 0) is 25.0 Å². The van der Waals surface area contributed by atoms with Gasteiger partial charge in [0.2, 0.25) is 5.91 Å². The molecule has 88 valence electrons. The Bertz CT molecular complexity index is 437. The average molecular weight is 229 g/mol. The number of carbonyl (C=O) groups excluding carboxylic acids is 2. The molecule has 1 aromatic rings. The maximum Gasteiger partial charge on any atom is 0.235 e. The van der Waals surface area contributed by atoms with E-state index in [-0.39, 0.29) is 11.7 Å². The highest BCUT2D eigenvalue weighted by Gasteiger charge is 2.25. The maximum absolute atomic E-state index is 12.0. The number of rotatable bonds is 2. The maximum atomic E-state index is 12.0. The Labute approximate surface area is 101 Å². The molecule has 0 fully saturated rings. The third-order valence-corrected chi connectivity index (χ3v) is 2.84. The molecule has 2 rings (SSSR count). The lowest BCUT2D eigenvalue weighted by molar-refractivity contribution is -0.130. The molecule has 1 amide bonds. The van der Waals surface area contributed by atoms with Crippen LogP contribution in [0.1, 0.15) is 19.3 Å². The molecule has 3 nitrogen and oxygen atoms in total. The molecule has 0 radical (unpaired) electrons. The molecule has 0 aromatic heterocycles. The van der Waals surface area contributed by atoms with Crippen LogP contribution >= 0.6 is 0 Å². The van der Waals surface area contributed by atoms with Gasteiger partial charge in [-0.3, -0.25) is 9.59 Å². The molecular formula is C14H15NO2. The Morgan fingerprint density at radius 3 is 2.71 bits per heavy atom. The third-order valence-electron chi connectivity index (χ3n) is 2.84. The van der Waals surface area contributed by atoms with E-state index in [1.165, 1.54) is 0 Å². The summed E-state index contributed by atoms with van der Waals surface area (Å²) in [6.07, 6.45) is 5.60. The second-order valence-corrected chi connectivity index (χ2v) is 4.12. The van der Waals surface area contributed by atoms with Crippen molar-refractivity contribution in [3.63, 3.8) is 0 Å². The minimum absolute atomic E-state index is 0.0310. The van der Waals surface area contributed by atoms with Crippen molar-refractivity contribution in [1.29, 1.82) is 0 Å². The monoisotopic (exact) mass is 229 g/mol. The van der Waals surface area contributed by atoms with E-state index in [9.17, 15) is 9.59 Å². The lowest BCUT2D eigenvalue weighted by Crippen LogP contribution is -2.28. The van der Waals surface area contributed by atoms with Gasteiger partial charge in [0.25, 0.3) is 0 Å². The van der Waals surface area contributed by atoms with Crippen LogP contribution in [0, 0.1) is 5.92 Å². The lowest BCUT2D eigenvalue weighted by Gasteiger charge is -2.12. The number of hydrogen-bond donors (Lipinski definition) is 1. The summed E-state index contributed by atoms with van der Waals surface area (Å²) in [4.78, 5) is 23.7. The van der Waals surface area contributed by atoms with Gasteiger partial charge in [0.15, 0.2) is 0 Å². The summed E-state index contributed by atoms with van der Waals surface area (Å²) in [5.74, 6) is -0.704. The van der Waals surface area contributed by atoms with E-state index >= 15 is 0 Å². The molecule has 0 heterocycles. The molecule has 1 aromatic carbocycles. The number of Topliss-reactive ketones (excluding diaryl/α,β-unsaturated/α-hetero) is 1. The first kappa shape index (κ1) is 11.6. The Morgan fingerprint density at radius 1 is 1.18 bits per heavy atom. The Balaban J connectivity index is 2.04. The van der Waals surface area contributed by atoms with Crippen LogP contribution in [0.2, 0.25) is 0 Å². The van der Waals surface area contributed by atoms with Gasteiger partial charge in [-0.2, -0.15) is 0 Å². The standard InChI is InChI=1S/C14H15NO2/c16-13-10-6-2-5-9-12(13)14(17)15-11-7-3-1-4-8-11/h1-5,7-8,12H,6,9-10H2,(H,15,17). The fourth-order valence-corrected chi connectivity index (χ4v) is 1.89. The van der Waals surface area contributed by atoms with E-state index in [4.69, 9.17) is 0 Å². The number of benzene rings is 1. The number of hydrogen-bond acceptors (Lipinski definition) is 2. The van der Waals surface area contributed by atoms with E-state index in [1.54, 1.807) is 0 Å². The minimum atomic E-state index is -0.533. The zero-order valence-electron chi connectivity index (χ0n) is 9.56. The molecule has 3 heteroatoms. The van der Waals surface area contributed by atoms with E-state index in [2.05, 4.69) is 5.32 Å². The number of para-hydroxylation sites is 1. The van der Waals surface area contributed by atoms with E-state index in [0.717, 1.165) is 12.1 Å². The highest BCUT2D eigenvalue weighted by atomic mass is 16.2. The number of anilines is 1. The Hall–Kier alpha value is -1.90. The van der Waals surface area contributed by atoms with Gasteiger partial charge in [0.1, 0.15) is 11.7 Å². The summed E-state index contributed by atoms with van der Waals surface area (Å²) in [5.41, 5.74) is 0.735. The van der Waals surface area contributed by atoms with Crippen LogP contribution in [-0.2, 0) is 9.59 Å². The number of ketones is 1. The van der Waals surface area contributed by atoms with Gasteiger partial charge in [-0.1, -0.05) is 30.4 Å². The zero-order chi connectivity index (χ0) is 12.1. The van der Waals surface area contributed by atoms with Crippen molar-refractivity contribution in [3.8, 4) is 0 Å². The first-order valence-corrected chi connectivity index (χ1v) is 5.81. The van der Waals surface area contributed by atoms with Crippen molar-refractivity contribution < 1.29 is 9.59 Å². The SMILES string of the molecule is O=C1CCC=CCC1C(=O)Nc1ccccc1. The number of amides is 1. The molecule has 0 bridgehead atoms. The molecular weight excluding hydrogens is 214 g/mol. The first-order valence-electron chi connectivity index (χ1n) is 5.81. The summed E-state index contributed by atoms with van der Waals surface area (Å²) in [6, 6.07) is 9.22. The second-order valence-electron chi connectivity index (χ2n) is 4.12. The average Bonchev–Trinajstić information content (AvgIpc) is 2.55. The second kappa shape index (κ2) is 5.43. The van der Waals surface area contributed by atoms with Gasteiger partial charge < -0.3 is 5.32 Å². The molecule has 0 aliphatic heterocycles. The van der Waals surface area contributed by atoms with Gasteiger partial charge >= 0.3 is 0 Å². The topological polar surface area (TPSA) is 46.2 Å². The highest BCUT2D eigenvalue weighted by Crippen LogP contribution is 2.17. The molecule has 0 spiro atoms. The van der Waals surface area contributed by atoms with E-state index in [0.29, 0.717) is 12.8 Å². The molecule has 17 heavy (non-hydrogen) atoms. The summed E-state index contributed by atoms with van der Waals surface area (Å²) in [5, 5.41) is 2.78. The van der Waals surface area contributed by atoms with Crippen molar-refractivity contribution in [3.05, 3.63) is 42.5 Å². The molecule has 1 atom stereocenters. The first-order chi connectivity index (χ1) is 8.27. The quantitative estimate of drug-likeness (QED) is 0.625. The molecule has 1 aliphatic rings. The summed E-state index contributed by atoms with van der Waals surface area (Å²) in [7, 11) is 0. The van der Waals surface area contributed by atoms with Crippen LogP contribution < -0.4 is 5.32 Å². The molecule has 0 saturated carbocycles. The minimum Gasteiger partial charge on any atom is -0.325 e. The van der Waals surface area contributed by atoms with Gasteiger partial charge in [0.05, 0.1) is 0 Å². The Kier molecular flexibility index (Phi) is 3.70. The van der Waals surface area contributed by atoms with Crippen molar-refractivity contribution in [2.75, 3.05) is 5.32 Å². The van der Waals surface area contributed by atoms with Crippen molar-refractivity contribution >= 4 is 17.4 Å². The van der Waals surface area contributed by atoms with Crippen LogP contribution in [0.5, 0.6) is 0 Å². The summed E-state index contributed by atoms with van der Waals surface area (Å²) >= 11 is 0. The summed E-state index contributed by atoms with van der Waals surface area (Å²) in [6.45, 7) is 0. The van der Waals surface area contributed by atoms with Crippen molar-refractivity contribution in [2.24, 2.45) is 5.92 Å². The smallest absolute Gasteiger partial charge is 0.235 e. The largest absolute Gasteiger partial charge is 0.325 e. The lowest BCUT2D eigenvalue weighted by atomic mass is 9.98. The molecule has 1 unspecified atom stereocenters. The number of carbonyl (C=O) groups is 2. The Morgan fingerprint density at radius 2 is 1.94 bits per heavy atom. The van der Waals surface area contributed by atoms with Crippen LogP contribution in [0.3, 0.4) is 0 Å².